The number of nitrogen functional groups attached to an aromatic ring is 1. The Morgan fingerprint density at radius 3 is 2.31 bits per heavy atom. The lowest BCUT2D eigenvalue weighted by molar-refractivity contribution is -0.185. The number of carbonyl (C=O) groups excluding carboxylic acids is 1. The van der Waals surface area contributed by atoms with Crippen molar-refractivity contribution in [2.75, 3.05) is 12.3 Å². The average Bonchev–Trinajstić information content (AvgIpc) is 2.18. The summed E-state index contributed by atoms with van der Waals surface area (Å²) < 4.78 is 39.2. The van der Waals surface area contributed by atoms with E-state index in [-0.39, 0.29) is 6.42 Å². The van der Waals surface area contributed by atoms with Gasteiger partial charge in [-0.3, -0.25) is 4.79 Å². The monoisotopic (exact) mass is 233 g/mol. The van der Waals surface area contributed by atoms with Crippen LogP contribution >= 0.6 is 0 Å². The molecule has 0 radical (unpaired) electrons. The molecular weight excluding hydrogens is 223 g/mol. The van der Waals surface area contributed by atoms with Gasteiger partial charge in [-0.1, -0.05) is 12.1 Å². The maximum absolute atomic E-state index is 11.7. The zero-order chi connectivity index (χ0) is 12.2. The van der Waals surface area contributed by atoms with Crippen LogP contribution in [-0.2, 0) is 16.0 Å². The topological polar surface area (TPSA) is 52.3 Å². The molecule has 0 fully saturated rings. The third kappa shape index (κ3) is 4.68. The molecule has 3 nitrogen and oxygen atoms in total. The van der Waals surface area contributed by atoms with Gasteiger partial charge in [0.1, 0.15) is 0 Å². The zero-order valence-corrected chi connectivity index (χ0v) is 8.25. The molecule has 6 heteroatoms. The SMILES string of the molecule is Nc1ccc(CC(=O)OCC(F)(F)F)cc1. The van der Waals surface area contributed by atoms with Gasteiger partial charge in [0.2, 0.25) is 0 Å². The average molecular weight is 233 g/mol. The Morgan fingerprint density at radius 2 is 1.81 bits per heavy atom. The minimum atomic E-state index is -4.49. The fourth-order valence-electron chi connectivity index (χ4n) is 1.02. The smallest absolute Gasteiger partial charge is 0.422 e. The number of carbonyl (C=O) groups is 1. The van der Waals surface area contributed by atoms with Gasteiger partial charge in [0.15, 0.2) is 6.61 Å². The number of anilines is 1. The van der Waals surface area contributed by atoms with Gasteiger partial charge in [0.05, 0.1) is 6.42 Å². The summed E-state index contributed by atoms with van der Waals surface area (Å²) >= 11 is 0. The van der Waals surface area contributed by atoms with Gasteiger partial charge in [0, 0.05) is 5.69 Å². The number of benzene rings is 1. The first kappa shape index (κ1) is 12.4. The summed E-state index contributed by atoms with van der Waals surface area (Å²) in [6.07, 6.45) is -4.69. The lowest BCUT2D eigenvalue weighted by Crippen LogP contribution is -2.21. The van der Waals surface area contributed by atoms with E-state index in [0.29, 0.717) is 11.3 Å². The Labute approximate surface area is 90.0 Å². The van der Waals surface area contributed by atoms with E-state index in [1.54, 1.807) is 24.3 Å². The molecule has 1 rings (SSSR count). The number of ether oxygens (including phenoxy) is 1. The van der Waals surface area contributed by atoms with Crippen LogP contribution in [0.1, 0.15) is 5.56 Å². The predicted octanol–water partition coefficient (Wildman–Crippen LogP) is 1.92. The Morgan fingerprint density at radius 1 is 1.25 bits per heavy atom. The van der Waals surface area contributed by atoms with E-state index in [4.69, 9.17) is 5.73 Å². The number of rotatable bonds is 3. The van der Waals surface area contributed by atoms with Crippen LogP contribution in [0.2, 0.25) is 0 Å². The summed E-state index contributed by atoms with van der Waals surface area (Å²) in [6.45, 7) is -1.55. The van der Waals surface area contributed by atoms with Crippen LogP contribution in [0, 0.1) is 0 Å². The van der Waals surface area contributed by atoms with Gasteiger partial charge >= 0.3 is 12.1 Å². The maximum Gasteiger partial charge on any atom is 0.422 e. The van der Waals surface area contributed by atoms with E-state index in [9.17, 15) is 18.0 Å². The molecular formula is C10H10F3NO2. The fraction of sp³-hybridized carbons (Fsp3) is 0.300. The van der Waals surface area contributed by atoms with Crippen molar-refractivity contribution in [1.82, 2.24) is 0 Å². The molecule has 88 valence electrons. The second kappa shape index (κ2) is 4.87. The van der Waals surface area contributed by atoms with Crippen LogP contribution in [0.3, 0.4) is 0 Å². The highest BCUT2D eigenvalue weighted by molar-refractivity contribution is 5.72. The summed E-state index contributed by atoms with van der Waals surface area (Å²) in [6, 6.07) is 6.24. The highest BCUT2D eigenvalue weighted by Crippen LogP contribution is 2.15. The minimum Gasteiger partial charge on any atom is -0.456 e. The molecule has 0 spiro atoms. The molecule has 0 saturated carbocycles. The van der Waals surface area contributed by atoms with E-state index in [0.717, 1.165) is 0 Å². The molecule has 2 N–H and O–H groups in total. The van der Waals surface area contributed by atoms with Crippen LogP contribution in [0.4, 0.5) is 18.9 Å². The number of halogens is 3. The van der Waals surface area contributed by atoms with Gasteiger partial charge in [-0.15, -0.1) is 0 Å². The third-order valence-electron chi connectivity index (χ3n) is 1.73. The van der Waals surface area contributed by atoms with Crippen molar-refractivity contribution in [3.05, 3.63) is 29.8 Å². The molecule has 0 amide bonds. The summed E-state index contributed by atoms with van der Waals surface area (Å²) in [5.41, 5.74) is 6.49. The first-order valence-corrected chi connectivity index (χ1v) is 4.43. The predicted molar refractivity (Wildman–Crippen MR) is 51.6 cm³/mol. The van der Waals surface area contributed by atoms with E-state index in [2.05, 4.69) is 4.74 Å². The normalized spacial score (nSPS) is 11.2. The van der Waals surface area contributed by atoms with E-state index in [1.165, 1.54) is 0 Å². The minimum absolute atomic E-state index is 0.198. The second-order valence-corrected chi connectivity index (χ2v) is 3.19. The van der Waals surface area contributed by atoms with Gasteiger partial charge in [-0.25, -0.2) is 0 Å². The molecule has 16 heavy (non-hydrogen) atoms. The van der Waals surface area contributed by atoms with Crippen LogP contribution in [0.5, 0.6) is 0 Å². The van der Waals surface area contributed by atoms with E-state index < -0.39 is 18.8 Å². The molecule has 0 heterocycles. The van der Waals surface area contributed by atoms with Gasteiger partial charge in [-0.2, -0.15) is 13.2 Å². The Kier molecular flexibility index (Phi) is 3.76. The molecule has 1 aromatic carbocycles. The number of esters is 1. The van der Waals surface area contributed by atoms with Crippen molar-refractivity contribution in [3.8, 4) is 0 Å². The molecule has 0 atom stereocenters. The quantitative estimate of drug-likeness (QED) is 0.641. The van der Waals surface area contributed by atoms with Crippen LogP contribution in [0.25, 0.3) is 0 Å². The standard InChI is InChI=1S/C10H10F3NO2/c11-10(12,13)6-16-9(15)5-7-1-3-8(14)4-2-7/h1-4H,5-6,14H2. The van der Waals surface area contributed by atoms with Crippen molar-refractivity contribution in [2.24, 2.45) is 0 Å². The molecule has 0 aliphatic rings. The molecule has 0 aliphatic carbocycles. The molecule has 0 unspecified atom stereocenters. The first-order chi connectivity index (χ1) is 7.37. The zero-order valence-electron chi connectivity index (χ0n) is 8.25. The highest BCUT2D eigenvalue weighted by atomic mass is 19.4. The lowest BCUT2D eigenvalue weighted by Gasteiger charge is -2.07. The van der Waals surface area contributed by atoms with Crippen LogP contribution < -0.4 is 5.73 Å². The number of nitrogens with two attached hydrogens (primary N) is 1. The van der Waals surface area contributed by atoms with Gasteiger partial charge in [-0.05, 0) is 17.7 Å². The third-order valence-corrected chi connectivity index (χ3v) is 1.73. The maximum atomic E-state index is 11.7. The van der Waals surface area contributed by atoms with Crippen molar-refractivity contribution in [1.29, 1.82) is 0 Å². The van der Waals surface area contributed by atoms with Gasteiger partial charge in [0.25, 0.3) is 0 Å². The van der Waals surface area contributed by atoms with Crippen LogP contribution in [0.15, 0.2) is 24.3 Å². The van der Waals surface area contributed by atoms with Gasteiger partial charge < -0.3 is 10.5 Å². The summed E-state index contributed by atoms with van der Waals surface area (Å²) in [4.78, 5) is 11.0. The Bertz CT molecular complexity index is 359. The largest absolute Gasteiger partial charge is 0.456 e. The van der Waals surface area contributed by atoms with Crippen LogP contribution in [-0.4, -0.2) is 18.8 Å². The van der Waals surface area contributed by atoms with E-state index in [1.807, 2.05) is 0 Å². The molecule has 0 bridgehead atoms. The van der Waals surface area contributed by atoms with Crippen molar-refractivity contribution in [2.45, 2.75) is 12.6 Å². The first-order valence-electron chi connectivity index (χ1n) is 4.43. The molecule has 0 aromatic heterocycles. The highest BCUT2D eigenvalue weighted by Gasteiger charge is 2.29. The summed E-state index contributed by atoms with van der Waals surface area (Å²) in [5, 5.41) is 0. The Balaban J connectivity index is 2.43. The van der Waals surface area contributed by atoms with Crippen molar-refractivity contribution in [3.63, 3.8) is 0 Å². The second-order valence-electron chi connectivity index (χ2n) is 3.19. The fourth-order valence-corrected chi connectivity index (χ4v) is 1.02. The summed E-state index contributed by atoms with van der Waals surface area (Å²) in [7, 11) is 0. The molecule has 1 aromatic rings. The van der Waals surface area contributed by atoms with Crippen molar-refractivity contribution < 1.29 is 22.7 Å². The molecule has 0 saturated heterocycles. The molecule has 0 aliphatic heterocycles. The number of alkyl halides is 3. The number of hydrogen-bond acceptors (Lipinski definition) is 3. The summed E-state index contributed by atoms with van der Waals surface area (Å²) in [5.74, 6) is -0.915. The Hall–Kier alpha value is -1.72. The van der Waals surface area contributed by atoms with E-state index >= 15 is 0 Å². The lowest BCUT2D eigenvalue weighted by atomic mass is 10.1. The van der Waals surface area contributed by atoms with Crippen molar-refractivity contribution >= 4 is 11.7 Å². The number of hydrogen-bond donors (Lipinski definition) is 1.